The van der Waals surface area contributed by atoms with Crippen molar-refractivity contribution in [1.29, 1.82) is 0 Å². The highest BCUT2D eigenvalue weighted by Crippen LogP contribution is 2.58. The summed E-state index contributed by atoms with van der Waals surface area (Å²) in [4.78, 5) is 2.48. The van der Waals surface area contributed by atoms with Crippen LogP contribution in [0.2, 0.25) is 0 Å². The summed E-state index contributed by atoms with van der Waals surface area (Å²) in [5.74, 6) is 0. The van der Waals surface area contributed by atoms with Crippen LogP contribution in [0.4, 0.5) is 17.1 Å². The van der Waals surface area contributed by atoms with Gasteiger partial charge in [-0.1, -0.05) is 246 Å². The fourth-order valence-corrected chi connectivity index (χ4v) is 13.4. The van der Waals surface area contributed by atoms with E-state index in [0.717, 1.165) is 17.1 Å². The van der Waals surface area contributed by atoms with Crippen LogP contribution in [-0.2, 0) is 16.2 Å². The van der Waals surface area contributed by atoms with E-state index in [1.807, 2.05) is 0 Å². The number of rotatable bonds is 8. The molecule has 1 nitrogen and oxygen atoms in total. The first-order valence-electron chi connectivity index (χ1n) is 26.2. The summed E-state index contributed by atoms with van der Waals surface area (Å²) in [6.07, 6.45) is 0. The quantitative estimate of drug-likeness (QED) is 0.147. The number of hydrogen-bond donors (Lipinski definition) is 0. The molecule has 0 spiro atoms. The maximum absolute atomic E-state index is 2.48. The van der Waals surface area contributed by atoms with E-state index in [-0.39, 0.29) is 10.8 Å². The molecule has 0 heterocycles. The van der Waals surface area contributed by atoms with Gasteiger partial charge < -0.3 is 4.90 Å². The van der Waals surface area contributed by atoms with Crippen LogP contribution in [0.1, 0.15) is 72.2 Å². The Labute approximate surface area is 435 Å². The van der Waals surface area contributed by atoms with Crippen molar-refractivity contribution in [3.8, 4) is 66.8 Å². The zero-order chi connectivity index (χ0) is 49.8. The summed E-state index contributed by atoms with van der Waals surface area (Å²) >= 11 is 0. The molecule has 0 amide bonds. The molecule has 11 aromatic carbocycles. The van der Waals surface area contributed by atoms with E-state index in [1.165, 1.54) is 111 Å². The summed E-state index contributed by atoms with van der Waals surface area (Å²) in [6, 6.07) is 97.6. The highest BCUT2D eigenvalue weighted by atomic mass is 15.1. The Morgan fingerprint density at radius 2 is 0.730 bits per heavy atom. The summed E-state index contributed by atoms with van der Waals surface area (Å²) in [7, 11) is 0. The van der Waals surface area contributed by atoms with E-state index in [4.69, 9.17) is 0 Å². The zero-order valence-electron chi connectivity index (χ0n) is 42.3. The average Bonchev–Trinajstić information content (AvgIpc) is 4.07. The standard InChI is InChI=1S/C73H55N/c1-71(2)64-33-16-13-30-61(64)70-60(31-20-35-67(70)71)59-29-14-18-36-69(59)74(55-26-19-21-49(45-55)51-39-43-58-56-27-11-15-32-63(56)72(3,4)68(58)47-51)54-41-37-48(38-42-54)50-40-44-66-62(46-50)57-28-12-17-34-65(57)73(66,52-22-7-5-8-23-52)53-24-9-6-10-25-53/h5-47H,1-4H3. The normalized spacial score (nSPS) is 14.5. The maximum Gasteiger partial charge on any atom is 0.0713 e. The minimum atomic E-state index is -0.434. The van der Waals surface area contributed by atoms with Crippen molar-refractivity contribution in [3.63, 3.8) is 0 Å². The highest BCUT2D eigenvalue weighted by molar-refractivity contribution is 5.99. The second-order valence-electron chi connectivity index (χ2n) is 21.6. The fraction of sp³-hybridized carbons (Fsp3) is 0.0959. The third-order valence-corrected chi connectivity index (χ3v) is 17.0. The Morgan fingerprint density at radius 1 is 0.257 bits per heavy atom. The molecule has 0 saturated heterocycles. The zero-order valence-corrected chi connectivity index (χ0v) is 42.3. The third-order valence-electron chi connectivity index (χ3n) is 17.0. The van der Waals surface area contributed by atoms with Gasteiger partial charge in [-0.3, -0.25) is 0 Å². The van der Waals surface area contributed by atoms with Crippen molar-refractivity contribution in [1.82, 2.24) is 0 Å². The van der Waals surface area contributed by atoms with Crippen molar-refractivity contribution in [3.05, 3.63) is 305 Å². The Kier molecular flexibility index (Phi) is 9.88. The van der Waals surface area contributed by atoms with Crippen LogP contribution in [0.25, 0.3) is 66.8 Å². The van der Waals surface area contributed by atoms with Gasteiger partial charge in [0, 0.05) is 27.8 Å². The van der Waals surface area contributed by atoms with Crippen molar-refractivity contribution < 1.29 is 0 Å². The third kappa shape index (κ3) is 6.42. The molecule has 0 radical (unpaired) electrons. The Bertz CT molecular complexity index is 3970. The smallest absolute Gasteiger partial charge is 0.0713 e. The Balaban J connectivity index is 0.917. The largest absolute Gasteiger partial charge is 0.310 e. The highest BCUT2D eigenvalue weighted by Gasteiger charge is 2.46. The van der Waals surface area contributed by atoms with Gasteiger partial charge in [-0.25, -0.2) is 0 Å². The molecule has 0 unspecified atom stereocenters. The van der Waals surface area contributed by atoms with Gasteiger partial charge in [-0.2, -0.15) is 0 Å². The SMILES string of the molecule is CC1(C)c2ccccc2-c2ccc(-c3cccc(N(c4ccc(-c5ccc6c(c5)-c5ccccc5C6(c5ccccc5)c5ccccc5)cc4)c4ccccc4-c4cccc5c4-c4ccccc4C5(C)C)c3)cc21. The molecule has 0 aromatic heterocycles. The number of nitrogens with zero attached hydrogens (tertiary/aromatic N) is 1. The molecule has 1 heteroatoms. The number of anilines is 3. The van der Waals surface area contributed by atoms with Crippen LogP contribution in [-0.4, -0.2) is 0 Å². The van der Waals surface area contributed by atoms with E-state index < -0.39 is 5.41 Å². The molecule has 0 fully saturated rings. The minimum Gasteiger partial charge on any atom is -0.310 e. The Hall–Kier alpha value is -8.78. The van der Waals surface area contributed by atoms with Crippen LogP contribution >= 0.6 is 0 Å². The lowest BCUT2D eigenvalue weighted by atomic mass is 9.67. The molecule has 0 N–H and O–H groups in total. The van der Waals surface area contributed by atoms with E-state index in [1.54, 1.807) is 0 Å². The molecule has 352 valence electrons. The first-order valence-corrected chi connectivity index (χ1v) is 26.2. The molecule has 11 aromatic rings. The van der Waals surface area contributed by atoms with Crippen molar-refractivity contribution in [2.24, 2.45) is 0 Å². The number of fused-ring (bicyclic) bond motifs is 9. The summed E-state index contributed by atoms with van der Waals surface area (Å²) in [5.41, 5.74) is 28.5. The first kappa shape index (κ1) is 44.0. The van der Waals surface area contributed by atoms with Crippen LogP contribution in [0, 0.1) is 0 Å². The predicted molar refractivity (Wildman–Crippen MR) is 310 cm³/mol. The maximum atomic E-state index is 2.48. The van der Waals surface area contributed by atoms with Crippen LogP contribution in [0.5, 0.6) is 0 Å². The fourth-order valence-electron chi connectivity index (χ4n) is 13.4. The van der Waals surface area contributed by atoms with E-state index in [0.29, 0.717) is 0 Å². The topological polar surface area (TPSA) is 3.24 Å². The van der Waals surface area contributed by atoms with E-state index in [2.05, 4.69) is 293 Å². The van der Waals surface area contributed by atoms with Crippen LogP contribution in [0.15, 0.2) is 261 Å². The molecular formula is C73H55N. The van der Waals surface area contributed by atoms with E-state index in [9.17, 15) is 0 Å². The number of hydrogen-bond acceptors (Lipinski definition) is 1. The lowest BCUT2D eigenvalue weighted by molar-refractivity contribution is 0.660. The molecule has 3 aliphatic rings. The van der Waals surface area contributed by atoms with Crippen molar-refractivity contribution in [2.45, 2.75) is 43.9 Å². The Morgan fingerprint density at radius 3 is 1.45 bits per heavy atom. The molecule has 14 rings (SSSR count). The molecule has 0 atom stereocenters. The van der Waals surface area contributed by atoms with E-state index >= 15 is 0 Å². The molecule has 0 saturated carbocycles. The molecule has 0 bridgehead atoms. The summed E-state index contributed by atoms with van der Waals surface area (Å²) in [6.45, 7) is 9.47. The average molecular weight is 946 g/mol. The molecular weight excluding hydrogens is 891 g/mol. The van der Waals surface area contributed by atoms with Crippen molar-refractivity contribution in [2.75, 3.05) is 4.90 Å². The molecule has 0 aliphatic heterocycles. The summed E-state index contributed by atoms with van der Waals surface area (Å²) in [5, 5.41) is 0. The monoisotopic (exact) mass is 945 g/mol. The van der Waals surface area contributed by atoms with Crippen LogP contribution < -0.4 is 4.90 Å². The van der Waals surface area contributed by atoms with Crippen LogP contribution in [0.3, 0.4) is 0 Å². The van der Waals surface area contributed by atoms with Gasteiger partial charge in [0.25, 0.3) is 0 Å². The van der Waals surface area contributed by atoms with Gasteiger partial charge in [-0.05, 0) is 148 Å². The van der Waals surface area contributed by atoms with Gasteiger partial charge in [0.05, 0.1) is 11.1 Å². The lowest BCUT2D eigenvalue weighted by Crippen LogP contribution is -2.28. The van der Waals surface area contributed by atoms with Gasteiger partial charge in [0.15, 0.2) is 0 Å². The minimum absolute atomic E-state index is 0.0927. The predicted octanol–water partition coefficient (Wildman–Crippen LogP) is 19.1. The number of benzene rings is 11. The van der Waals surface area contributed by atoms with Gasteiger partial charge in [-0.15, -0.1) is 0 Å². The second kappa shape index (κ2) is 16.6. The number of para-hydroxylation sites is 1. The summed E-state index contributed by atoms with van der Waals surface area (Å²) < 4.78 is 0. The molecule has 74 heavy (non-hydrogen) atoms. The first-order chi connectivity index (χ1) is 36.2. The second-order valence-corrected chi connectivity index (χ2v) is 21.6. The lowest BCUT2D eigenvalue weighted by Gasteiger charge is -2.33. The van der Waals surface area contributed by atoms with Gasteiger partial charge in [0.1, 0.15) is 0 Å². The van der Waals surface area contributed by atoms with Gasteiger partial charge >= 0.3 is 0 Å². The van der Waals surface area contributed by atoms with Crippen molar-refractivity contribution >= 4 is 17.1 Å². The molecule has 3 aliphatic carbocycles. The van der Waals surface area contributed by atoms with Gasteiger partial charge in [0.2, 0.25) is 0 Å².